The molecule has 1 aromatic carbocycles. The largest absolute Gasteiger partial charge is 0.380 e. The van der Waals surface area contributed by atoms with Crippen molar-refractivity contribution in [1.82, 2.24) is 14.8 Å². The number of carbonyl (C=O) groups excluding carboxylic acids is 1. The number of hydrogen-bond acceptors (Lipinski definition) is 6. The van der Waals surface area contributed by atoms with E-state index in [1.807, 2.05) is 12.1 Å². The summed E-state index contributed by atoms with van der Waals surface area (Å²) in [7, 11) is 0. The molecule has 3 aromatic rings. The lowest BCUT2D eigenvalue weighted by atomic mass is 10.1. The van der Waals surface area contributed by atoms with Crippen LogP contribution in [0.2, 0.25) is 0 Å². The Kier molecular flexibility index (Phi) is 7.70. The van der Waals surface area contributed by atoms with Gasteiger partial charge in [-0.15, -0.1) is 0 Å². The van der Waals surface area contributed by atoms with Crippen molar-refractivity contribution in [1.29, 1.82) is 5.26 Å². The first kappa shape index (κ1) is 23.0. The topological polar surface area (TPSA) is 130 Å². The second-order valence-electron chi connectivity index (χ2n) is 6.92. The first-order chi connectivity index (χ1) is 16.0. The van der Waals surface area contributed by atoms with Crippen molar-refractivity contribution in [2.24, 2.45) is 10.7 Å². The number of terminal acetylenes is 1. The molecule has 0 radical (unpaired) electrons. The second kappa shape index (κ2) is 11.1. The molecule has 33 heavy (non-hydrogen) atoms. The van der Waals surface area contributed by atoms with Gasteiger partial charge in [0.2, 0.25) is 0 Å². The minimum absolute atomic E-state index is 0.0634. The molecule has 0 spiro atoms. The maximum Gasteiger partial charge on any atom is 0.269 e. The van der Waals surface area contributed by atoms with Crippen LogP contribution >= 0.6 is 0 Å². The number of nitriles is 1. The fourth-order valence-electron chi connectivity index (χ4n) is 3.08. The van der Waals surface area contributed by atoms with Gasteiger partial charge in [-0.3, -0.25) is 4.79 Å². The van der Waals surface area contributed by atoms with E-state index in [1.165, 1.54) is 17.1 Å². The van der Waals surface area contributed by atoms with Crippen molar-refractivity contribution in [3.05, 3.63) is 65.6 Å². The van der Waals surface area contributed by atoms with Gasteiger partial charge in [0.15, 0.2) is 5.69 Å². The molecule has 3 N–H and O–H groups in total. The van der Waals surface area contributed by atoms with Crippen LogP contribution in [0.3, 0.4) is 0 Å². The van der Waals surface area contributed by atoms with Crippen molar-refractivity contribution in [3.8, 4) is 36.1 Å². The molecule has 162 valence electrons. The smallest absolute Gasteiger partial charge is 0.269 e. The van der Waals surface area contributed by atoms with E-state index >= 15 is 0 Å². The molecule has 0 aliphatic carbocycles. The van der Waals surface area contributed by atoms with E-state index in [9.17, 15) is 15.2 Å². The highest BCUT2D eigenvalue weighted by Gasteiger charge is 2.17. The maximum absolute atomic E-state index is 11.8. The number of aliphatic hydroxyl groups excluding tert-OH is 1. The van der Waals surface area contributed by atoms with Gasteiger partial charge in [-0.25, -0.2) is 14.7 Å². The number of aliphatic hydroxyl groups is 1. The standard InChI is InChI=1S/C25H20N6O2/c1-2-28-13-6-4-3-5-10-21(32)12-11-18-8-7-9-20(14-18)31-23-15-19(16-26)29-17-22(23)24(30-31)25(27)33/h1,4,6-9,13-15,17,21,32H,3,5,10H2,(H2,27,33)/b6-4-,28-13?/t21-/m1/s1. The molecule has 2 heterocycles. The number of allylic oxidation sites excluding steroid dienone is 2. The SMILES string of the molecule is C#CN=C/C=C\CCC[C@@H](O)C#Cc1cccc(-n2nc(C(N)=O)c3cnc(C#N)cc32)c1. The highest BCUT2D eigenvalue weighted by molar-refractivity contribution is 6.04. The quantitative estimate of drug-likeness (QED) is 0.334. The monoisotopic (exact) mass is 436 g/mol. The normalized spacial score (nSPS) is 11.7. The van der Waals surface area contributed by atoms with Crippen molar-refractivity contribution < 1.29 is 9.90 Å². The van der Waals surface area contributed by atoms with E-state index in [4.69, 9.17) is 12.2 Å². The molecule has 0 aliphatic heterocycles. The van der Waals surface area contributed by atoms with Crippen molar-refractivity contribution >= 4 is 23.0 Å². The Labute approximate surface area is 191 Å². The van der Waals surface area contributed by atoms with Crippen molar-refractivity contribution in [2.75, 3.05) is 0 Å². The molecular weight excluding hydrogens is 416 g/mol. The number of pyridine rings is 1. The van der Waals surface area contributed by atoms with Crippen LogP contribution < -0.4 is 5.73 Å². The summed E-state index contributed by atoms with van der Waals surface area (Å²) in [5, 5.41) is 24.1. The Morgan fingerprint density at radius 2 is 2.24 bits per heavy atom. The third kappa shape index (κ3) is 5.92. The van der Waals surface area contributed by atoms with Gasteiger partial charge in [0, 0.05) is 30.1 Å². The fourth-order valence-corrected chi connectivity index (χ4v) is 3.08. The molecular formula is C25H20N6O2. The van der Waals surface area contributed by atoms with Crippen LogP contribution in [0, 0.1) is 35.6 Å². The third-order valence-electron chi connectivity index (χ3n) is 4.61. The van der Waals surface area contributed by atoms with Crippen LogP contribution in [0.5, 0.6) is 0 Å². The van der Waals surface area contributed by atoms with E-state index in [0.717, 1.165) is 12.8 Å². The summed E-state index contributed by atoms with van der Waals surface area (Å²) in [5.74, 6) is 5.11. The molecule has 8 nitrogen and oxygen atoms in total. The molecule has 0 fully saturated rings. The van der Waals surface area contributed by atoms with Gasteiger partial charge in [-0.05, 0) is 43.5 Å². The zero-order valence-electron chi connectivity index (χ0n) is 17.6. The zero-order valence-corrected chi connectivity index (χ0v) is 17.6. The zero-order chi connectivity index (χ0) is 23.6. The van der Waals surface area contributed by atoms with Gasteiger partial charge in [0.05, 0.1) is 16.6 Å². The minimum Gasteiger partial charge on any atom is -0.380 e. The summed E-state index contributed by atoms with van der Waals surface area (Å²) in [6.45, 7) is 0. The number of primary amides is 1. The lowest BCUT2D eigenvalue weighted by Gasteiger charge is -2.04. The van der Waals surface area contributed by atoms with Crippen molar-refractivity contribution in [3.63, 3.8) is 0 Å². The van der Waals surface area contributed by atoms with Crippen LogP contribution in [0.4, 0.5) is 0 Å². The molecule has 0 saturated heterocycles. The molecule has 0 aliphatic rings. The minimum atomic E-state index is -0.766. The summed E-state index contributed by atoms with van der Waals surface area (Å²) >= 11 is 0. The number of unbranched alkanes of at least 4 members (excludes halogenated alkanes) is 1. The molecule has 0 saturated carbocycles. The second-order valence-corrected chi connectivity index (χ2v) is 6.92. The molecule has 2 aromatic heterocycles. The molecule has 3 rings (SSSR count). The number of fused-ring (bicyclic) bond motifs is 1. The number of carbonyl (C=O) groups is 1. The van der Waals surface area contributed by atoms with Gasteiger partial charge in [-0.2, -0.15) is 10.4 Å². The van der Waals surface area contributed by atoms with E-state index in [1.54, 1.807) is 36.4 Å². The summed E-state index contributed by atoms with van der Waals surface area (Å²) < 4.78 is 1.52. The Balaban J connectivity index is 1.79. The number of aliphatic imine (C=N–C) groups is 1. The number of rotatable bonds is 7. The van der Waals surface area contributed by atoms with E-state index in [2.05, 4.69) is 33.0 Å². The summed E-state index contributed by atoms with van der Waals surface area (Å²) in [5.41, 5.74) is 7.53. The first-order valence-electron chi connectivity index (χ1n) is 10.1. The maximum atomic E-state index is 11.8. The predicted octanol–water partition coefficient (Wildman–Crippen LogP) is 2.49. The number of benzene rings is 1. The van der Waals surface area contributed by atoms with Gasteiger partial charge in [-0.1, -0.05) is 30.4 Å². The van der Waals surface area contributed by atoms with Gasteiger partial charge in [0.25, 0.3) is 5.91 Å². The van der Waals surface area contributed by atoms with Gasteiger partial charge in [0.1, 0.15) is 17.9 Å². The average molecular weight is 436 g/mol. The van der Waals surface area contributed by atoms with Crippen molar-refractivity contribution in [2.45, 2.75) is 25.4 Å². The van der Waals surface area contributed by atoms with Gasteiger partial charge >= 0.3 is 0 Å². The average Bonchev–Trinajstić information content (AvgIpc) is 3.21. The van der Waals surface area contributed by atoms with Crippen LogP contribution in [0.1, 0.15) is 41.0 Å². The Morgan fingerprint density at radius 1 is 1.39 bits per heavy atom. The number of amides is 1. The summed E-state index contributed by atoms with van der Waals surface area (Å²) in [6, 6.07) is 12.8. The lowest BCUT2D eigenvalue weighted by Crippen LogP contribution is -2.12. The Morgan fingerprint density at radius 3 is 3.00 bits per heavy atom. The van der Waals surface area contributed by atoms with E-state index in [-0.39, 0.29) is 11.4 Å². The molecule has 1 atom stereocenters. The van der Waals surface area contributed by atoms with Crippen LogP contribution in [-0.4, -0.2) is 38.1 Å². The lowest BCUT2D eigenvalue weighted by molar-refractivity contribution is 0.0996. The van der Waals surface area contributed by atoms with Crippen LogP contribution in [-0.2, 0) is 0 Å². The Bertz CT molecular complexity index is 1380. The van der Waals surface area contributed by atoms with Crippen LogP contribution in [0.15, 0.2) is 53.7 Å². The van der Waals surface area contributed by atoms with Gasteiger partial charge < -0.3 is 10.8 Å². The number of hydrogen-bond donors (Lipinski definition) is 2. The molecule has 0 bridgehead atoms. The molecule has 0 unspecified atom stereocenters. The molecule has 8 heteroatoms. The Hall–Kier alpha value is -4.71. The highest BCUT2D eigenvalue weighted by atomic mass is 16.3. The van der Waals surface area contributed by atoms with Crippen LogP contribution in [0.25, 0.3) is 16.6 Å². The number of nitrogens with two attached hydrogens (primary N) is 1. The third-order valence-corrected chi connectivity index (χ3v) is 4.61. The van der Waals surface area contributed by atoms with E-state index in [0.29, 0.717) is 28.6 Å². The molecule has 1 amide bonds. The number of aromatic nitrogens is 3. The highest BCUT2D eigenvalue weighted by Crippen LogP contribution is 2.22. The summed E-state index contributed by atoms with van der Waals surface area (Å²) in [4.78, 5) is 19.4. The first-order valence-corrected chi connectivity index (χ1v) is 10.1. The summed E-state index contributed by atoms with van der Waals surface area (Å²) in [6.07, 6.45) is 13.0. The van der Waals surface area contributed by atoms with E-state index < -0.39 is 12.0 Å². The fraction of sp³-hybridized carbons (Fsp3) is 0.160. The predicted molar refractivity (Wildman–Crippen MR) is 125 cm³/mol. The number of nitrogens with zero attached hydrogens (tertiary/aromatic N) is 5.